The van der Waals surface area contributed by atoms with Crippen molar-refractivity contribution in [2.24, 2.45) is 0 Å². The van der Waals surface area contributed by atoms with E-state index in [-0.39, 0.29) is 5.91 Å². The topological polar surface area (TPSA) is 63.7 Å². The van der Waals surface area contributed by atoms with Crippen molar-refractivity contribution in [3.05, 3.63) is 47.7 Å². The van der Waals surface area contributed by atoms with Crippen molar-refractivity contribution >= 4 is 11.7 Å². The zero-order valence-corrected chi connectivity index (χ0v) is 16.0. The van der Waals surface area contributed by atoms with Crippen LogP contribution in [0, 0.1) is 0 Å². The monoisotopic (exact) mass is 369 g/mol. The highest BCUT2D eigenvalue weighted by Gasteiger charge is 2.13. The van der Waals surface area contributed by atoms with E-state index in [9.17, 15) is 4.79 Å². The predicted molar refractivity (Wildman–Crippen MR) is 105 cm³/mol. The average Bonchev–Trinajstić information content (AvgIpc) is 3.25. The van der Waals surface area contributed by atoms with Crippen LogP contribution in [0.4, 0.5) is 5.82 Å². The highest BCUT2D eigenvalue weighted by Crippen LogP contribution is 2.23. The number of hydrogen-bond donors (Lipinski definition) is 1. The molecule has 27 heavy (non-hydrogen) atoms. The quantitative estimate of drug-likeness (QED) is 0.775. The largest absolute Gasteiger partial charge is 0.497 e. The number of aryl methyl sites for hydroxylation is 1. The summed E-state index contributed by atoms with van der Waals surface area (Å²) in [6.07, 6.45) is 5.36. The van der Waals surface area contributed by atoms with Crippen molar-refractivity contribution in [2.45, 2.75) is 32.2 Å². The number of nitrogens with one attached hydrogen (secondary N) is 1. The molecule has 0 radical (unpaired) electrons. The van der Waals surface area contributed by atoms with Gasteiger partial charge in [-0.25, -0.2) is 4.98 Å². The van der Waals surface area contributed by atoms with Crippen molar-refractivity contribution in [3.63, 3.8) is 0 Å². The number of rotatable bonds is 8. The summed E-state index contributed by atoms with van der Waals surface area (Å²) in [5.74, 6) is 2.50. The third-order valence-corrected chi connectivity index (χ3v) is 4.78. The molecule has 3 rings (SSSR count). The van der Waals surface area contributed by atoms with Gasteiger partial charge in [0.1, 0.15) is 17.3 Å². The molecule has 1 aliphatic rings. The van der Waals surface area contributed by atoms with Crippen molar-refractivity contribution in [1.82, 2.24) is 10.3 Å². The van der Waals surface area contributed by atoms with Crippen LogP contribution in [0.1, 0.15) is 30.4 Å². The van der Waals surface area contributed by atoms with Crippen molar-refractivity contribution < 1.29 is 14.3 Å². The Morgan fingerprint density at radius 1 is 1.07 bits per heavy atom. The Hall–Kier alpha value is -2.76. The lowest BCUT2D eigenvalue weighted by atomic mass is 10.1. The lowest BCUT2D eigenvalue weighted by Crippen LogP contribution is -2.23. The number of anilines is 1. The SMILES string of the molecule is COc1cc(CCC(=O)NCc2ccc(N3CCCC3)nc2)cc(OC)c1. The van der Waals surface area contributed by atoms with Crippen LogP contribution in [-0.2, 0) is 17.8 Å². The first kappa shape index (κ1) is 19.0. The number of ether oxygens (including phenoxy) is 2. The van der Waals surface area contributed by atoms with Gasteiger partial charge in [-0.05, 0) is 48.6 Å². The van der Waals surface area contributed by atoms with E-state index >= 15 is 0 Å². The smallest absolute Gasteiger partial charge is 0.220 e. The second kappa shape index (κ2) is 9.26. The summed E-state index contributed by atoms with van der Waals surface area (Å²) in [5.41, 5.74) is 2.02. The Morgan fingerprint density at radius 3 is 2.37 bits per heavy atom. The Bertz CT molecular complexity index is 734. The standard InChI is InChI=1S/C21H27N3O3/c1-26-18-11-16(12-19(13-18)27-2)6-8-21(25)23-15-17-5-7-20(22-14-17)24-9-3-4-10-24/h5,7,11-14H,3-4,6,8-10,15H2,1-2H3,(H,23,25). The molecule has 1 saturated heterocycles. The van der Waals surface area contributed by atoms with Crippen LogP contribution in [0.25, 0.3) is 0 Å². The summed E-state index contributed by atoms with van der Waals surface area (Å²) < 4.78 is 10.5. The number of hydrogen-bond acceptors (Lipinski definition) is 5. The normalized spacial score (nSPS) is 13.5. The Labute approximate surface area is 160 Å². The molecule has 0 unspecified atom stereocenters. The Morgan fingerprint density at radius 2 is 1.78 bits per heavy atom. The van der Waals surface area contributed by atoms with Gasteiger partial charge in [-0.15, -0.1) is 0 Å². The van der Waals surface area contributed by atoms with Crippen molar-refractivity contribution in [2.75, 3.05) is 32.2 Å². The maximum Gasteiger partial charge on any atom is 0.220 e. The van der Waals surface area contributed by atoms with E-state index in [1.807, 2.05) is 36.5 Å². The Balaban J connectivity index is 1.47. The molecule has 1 aromatic heterocycles. The highest BCUT2D eigenvalue weighted by molar-refractivity contribution is 5.76. The molecular weight excluding hydrogens is 342 g/mol. The van der Waals surface area contributed by atoms with Crippen LogP contribution in [0.5, 0.6) is 11.5 Å². The van der Waals surface area contributed by atoms with Gasteiger partial charge in [0.05, 0.1) is 14.2 Å². The number of methoxy groups -OCH3 is 2. The van der Waals surface area contributed by atoms with Gasteiger partial charge in [0, 0.05) is 38.3 Å². The van der Waals surface area contributed by atoms with Crippen LogP contribution in [0.3, 0.4) is 0 Å². The van der Waals surface area contributed by atoms with Gasteiger partial charge >= 0.3 is 0 Å². The summed E-state index contributed by atoms with van der Waals surface area (Å²) in [4.78, 5) is 19.0. The predicted octanol–water partition coefficient (Wildman–Crippen LogP) is 2.95. The minimum absolute atomic E-state index is 0.0143. The summed E-state index contributed by atoms with van der Waals surface area (Å²) in [6.45, 7) is 2.66. The molecule has 1 aliphatic heterocycles. The van der Waals surface area contributed by atoms with Crippen LogP contribution in [0.15, 0.2) is 36.5 Å². The molecule has 6 nitrogen and oxygen atoms in total. The maximum absolute atomic E-state index is 12.2. The van der Waals surface area contributed by atoms with Crippen molar-refractivity contribution in [1.29, 1.82) is 0 Å². The van der Waals surface area contributed by atoms with E-state index in [2.05, 4.69) is 15.2 Å². The lowest BCUT2D eigenvalue weighted by molar-refractivity contribution is -0.121. The van der Waals surface area contributed by atoms with Crippen LogP contribution in [0.2, 0.25) is 0 Å². The molecule has 2 aromatic rings. The highest BCUT2D eigenvalue weighted by atomic mass is 16.5. The van der Waals surface area contributed by atoms with Crippen LogP contribution >= 0.6 is 0 Å². The average molecular weight is 369 g/mol. The second-order valence-corrected chi connectivity index (χ2v) is 6.72. The van der Waals surface area contributed by atoms with Gasteiger partial charge < -0.3 is 19.7 Å². The minimum atomic E-state index is 0.0143. The molecule has 1 amide bonds. The third kappa shape index (κ3) is 5.36. The number of pyridine rings is 1. The van der Waals surface area contributed by atoms with Gasteiger partial charge in [-0.2, -0.15) is 0 Å². The number of benzene rings is 1. The van der Waals surface area contributed by atoms with E-state index in [0.717, 1.165) is 41.5 Å². The molecule has 0 bridgehead atoms. The fourth-order valence-electron chi connectivity index (χ4n) is 3.21. The number of nitrogens with zero attached hydrogens (tertiary/aromatic N) is 2. The number of carbonyl (C=O) groups excluding carboxylic acids is 1. The fraction of sp³-hybridized carbons (Fsp3) is 0.429. The first-order valence-corrected chi connectivity index (χ1v) is 9.36. The van der Waals surface area contributed by atoms with Gasteiger partial charge in [0.25, 0.3) is 0 Å². The molecule has 1 N–H and O–H groups in total. The summed E-state index contributed by atoms with van der Waals surface area (Å²) in [5, 5.41) is 2.96. The maximum atomic E-state index is 12.2. The number of carbonyl (C=O) groups is 1. The van der Waals surface area contributed by atoms with Crippen LogP contribution in [-0.4, -0.2) is 38.2 Å². The third-order valence-electron chi connectivity index (χ3n) is 4.78. The Kier molecular flexibility index (Phi) is 6.52. The molecule has 0 saturated carbocycles. The zero-order chi connectivity index (χ0) is 19.1. The first-order valence-electron chi connectivity index (χ1n) is 9.36. The van der Waals surface area contributed by atoms with E-state index in [1.54, 1.807) is 14.2 Å². The molecule has 6 heteroatoms. The van der Waals surface area contributed by atoms with E-state index in [4.69, 9.17) is 9.47 Å². The van der Waals surface area contributed by atoms with Crippen LogP contribution < -0.4 is 19.7 Å². The van der Waals surface area contributed by atoms with Gasteiger partial charge in [0.2, 0.25) is 5.91 Å². The van der Waals surface area contributed by atoms with E-state index in [1.165, 1.54) is 12.8 Å². The summed E-state index contributed by atoms with van der Waals surface area (Å²) in [6, 6.07) is 9.75. The number of aromatic nitrogens is 1. The van der Waals surface area contributed by atoms with E-state index in [0.29, 0.717) is 19.4 Å². The zero-order valence-electron chi connectivity index (χ0n) is 16.0. The first-order chi connectivity index (χ1) is 13.2. The summed E-state index contributed by atoms with van der Waals surface area (Å²) in [7, 11) is 3.24. The molecule has 144 valence electrons. The molecule has 0 atom stereocenters. The van der Waals surface area contributed by atoms with Gasteiger partial charge in [-0.3, -0.25) is 4.79 Å². The lowest BCUT2D eigenvalue weighted by Gasteiger charge is -2.16. The fourth-order valence-corrected chi connectivity index (χ4v) is 3.21. The molecule has 0 spiro atoms. The van der Waals surface area contributed by atoms with Gasteiger partial charge in [0.15, 0.2) is 0 Å². The number of amides is 1. The van der Waals surface area contributed by atoms with E-state index < -0.39 is 0 Å². The molecule has 2 heterocycles. The second-order valence-electron chi connectivity index (χ2n) is 6.72. The molecular formula is C21H27N3O3. The molecule has 0 aliphatic carbocycles. The summed E-state index contributed by atoms with van der Waals surface area (Å²) >= 11 is 0. The molecule has 1 fully saturated rings. The molecule has 1 aromatic carbocycles. The minimum Gasteiger partial charge on any atom is -0.497 e. The van der Waals surface area contributed by atoms with Gasteiger partial charge in [-0.1, -0.05) is 6.07 Å². The van der Waals surface area contributed by atoms with Crippen molar-refractivity contribution in [3.8, 4) is 11.5 Å².